The predicted molar refractivity (Wildman–Crippen MR) is 127 cm³/mol. The second kappa shape index (κ2) is 7.78. The van der Waals surface area contributed by atoms with Gasteiger partial charge in [0, 0.05) is 35.1 Å². The molecule has 2 aromatic heterocycles. The van der Waals surface area contributed by atoms with E-state index in [-0.39, 0.29) is 22.9 Å². The Labute approximate surface area is 198 Å². The van der Waals surface area contributed by atoms with Crippen molar-refractivity contribution in [2.24, 2.45) is 0 Å². The molecule has 9 heteroatoms. The minimum Gasteiger partial charge on any atom is -0.472 e. The zero-order valence-electron chi connectivity index (χ0n) is 19.9. The van der Waals surface area contributed by atoms with E-state index in [0.29, 0.717) is 25.3 Å². The molecule has 5 rings (SSSR count). The predicted octanol–water partition coefficient (Wildman–Crippen LogP) is 2.53. The molecule has 0 unspecified atom stereocenters. The minimum absolute atomic E-state index is 0.237. The van der Waals surface area contributed by atoms with Crippen molar-refractivity contribution < 1.29 is 20.1 Å². The van der Waals surface area contributed by atoms with Gasteiger partial charge in [-0.1, -0.05) is 6.07 Å². The fourth-order valence-electron chi connectivity index (χ4n) is 5.59. The fraction of sp³-hybridized carbons (Fsp3) is 0.440. The van der Waals surface area contributed by atoms with Crippen LogP contribution in [0.3, 0.4) is 0 Å². The molecular weight excluding hydrogens is 434 g/mol. The summed E-state index contributed by atoms with van der Waals surface area (Å²) in [6, 6.07) is 11.1. The molecule has 2 aliphatic rings. The third-order valence-corrected chi connectivity index (χ3v) is 6.46. The lowest BCUT2D eigenvalue weighted by Crippen LogP contribution is -2.66. The molecule has 180 valence electrons. The molecule has 4 heterocycles. The molecule has 3 aromatic rings. The second-order valence-corrected chi connectivity index (χ2v) is 10.5. The first kappa shape index (κ1) is 22.8. The number of piperidine rings is 1. The van der Waals surface area contributed by atoms with E-state index in [1.54, 1.807) is 16.9 Å². The van der Waals surface area contributed by atoms with Gasteiger partial charge in [0.2, 0.25) is 5.88 Å². The molecule has 9 nitrogen and oxygen atoms in total. The molecule has 34 heavy (non-hydrogen) atoms. The summed E-state index contributed by atoms with van der Waals surface area (Å²) in [5, 5.41) is 38.9. The number of hydrogen-bond acceptors (Lipinski definition) is 8. The van der Waals surface area contributed by atoms with Crippen LogP contribution in [0.4, 0.5) is 5.82 Å². The molecule has 0 aliphatic carbocycles. The molecule has 0 bridgehead atoms. The van der Waals surface area contributed by atoms with E-state index in [1.165, 1.54) is 4.90 Å². The van der Waals surface area contributed by atoms with Crippen molar-refractivity contribution in [1.29, 1.82) is 0 Å². The lowest BCUT2D eigenvalue weighted by Gasteiger charge is -2.51. The Morgan fingerprint density at radius 1 is 1.06 bits per heavy atom. The third-order valence-electron chi connectivity index (χ3n) is 6.46. The Kier molecular flexibility index (Phi) is 5.21. The molecule has 1 fully saturated rings. The number of hydrogen-bond donors (Lipinski definition) is 4. The number of aromatic nitrogens is 3. The number of nitrogens with zero attached hydrogens (tertiary/aromatic N) is 4. The van der Waals surface area contributed by atoms with Crippen LogP contribution in [0, 0.1) is 0 Å². The zero-order valence-corrected chi connectivity index (χ0v) is 19.9. The number of aliphatic hydroxyl groups is 3. The summed E-state index contributed by atoms with van der Waals surface area (Å²) in [5.74, 6) is 0.625. The van der Waals surface area contributed by atoms with Crippen LogP contribution in [0.1, 0.15) is 46.1 Å². The van der Waals surface area contributed by atoms with Gasteiger partial charge in [0.25, 0.3) is 0 Å². The SMILES string of the molecule is CC1(C)CC(N(c2ccc3c(n2)OCc2cc(-n4cccn4)ccc2-3)C(O)(O)O)CC(C)(C)N1. The third kappa shape index (κ3) is 4.27. The van der Waals surface area contributed by atoms with Gasteiger partial charge in [0.15, 0.2) is 0 Å². The van der Waals surface area contributed by atoms with Crippen molar-refractivity contribution in [2.45, 2.75) is 70.4 Å². The summed E-state index contributed by atoms with van der Waals surface area (Å²) in [6.45, 7) is 8.56. The molecule has 1 aromatic carbocycles. The first-order valence-corrected chi connectivity index (χ1v) is 11.4. The standard InChI is InChI=1S/C25H31N5O4/c1-23(2)13-18(14-24(3,4)28-23)30(25(31,32)33)21-9-8-20-19-7-6-17(29-11-5-10-26-29)12-16(19)15-34-22(20)27-21/h5-12,18,28,31-33H,13-15H2,1-4H3. The largest absolute Gasteiger partial charge is 0.472 e. The molecule has 0 amide bonds. The summed E-state index contributed by atoms with van der Waals surface area (Å²) < 4.78 is 7.76. The van der Waals surface area contributed by atoms with Gasteiger partial charge in [-0.3, -0.25) is 4.90 Å². The highest BCUT2D eigenvalue weighted by Gasteiger charge is 2.46. The normalized spacial score (nSPS) is 19.1. The second-order valence-electron chi connectivity index (χ2n) is 10.5. The molecule has 1 saturated heterocycles. The maximum atomic E-state index is 10.3. The molecular formula is C25H31N5O4. The lowest BCUT2D eigenvalue weighted by molar-refractivity contribution is -0.314. The van der Waals surface area contributed by atoms with Crippen LogP contribution in [0.5, 0.6) is 5.88 Å². The fourth-order valence-corrected chi connectivity index (χ4v) is 5.59. The summed E-state index contributed by atoms with van der Waals surface area (Å²) in [7, 11) is 0. The van der Waals surface area contributed by atoms with Gasteiger partial charge in [0.1, 0.15) is 12.4 Å². The Balaban J connectivity index is 1.51. The van der Waals surface area contributed by atoms with Crippen molar-refractivity contribution in [2.75, 3.05) is 4.90 Å². The summed E-state index contributed by atoms with van der Waals surface area (Å²) in [5.41, 5.74) is 3.21. The van der Waals surface area contributed by atoms with Crippen molar-refractivity contribution >= 4 is 5.82 Å². The van der Waals surface area contributed by atoms with Gasteiger partial charge in [0.05, 0.1) is 5.69 Å². The molecule has 0 spiro atoms. The van der Waals surface area contributed by atoms with Crippen molar-refractivity contribution in [1.82, 2.24) is 20.1 Å². The van der Waals surface area contributed by atoms with Gasteiger partial charge < -0.3 is 25.4 Å². The topological polar surface area (TPSA) is 116 Å². The first-order chi connectivity index (χ1) is 15.9. The first-order valence-electron chi connectivity index (χ1n) is 11.4. The lowest BCUT2D eigenvalue weighted by atomic mass is 9.79. The molecule has 4 N–H and O–H groups in total. The van der Waals surface area contributed by atoms with Crippen LogP contribution < -0.4 is 15.0 Å². The van der Waals surface area contributed by atoms with E-state index in [9.17, 15) is 15.3 Å². The van der Waals surface area contributed by atoms with E-state index in [4.69, 9.17) is 4.74 Å². The Morgan fingerprint density at radius 2 is 1.76 bits per heavy atom. The number of nitrogens with one attached hydrogen (secondary N) is 1. The van der Waals surface area contributed by atoms with E-state index >= 15 is 0 Å². The molecule has 2 aliphatic heterocycles. The van der Waals surface area contributed by atoms with Gasteiger partial charge in [-0.2, -0.15) is 10.1 Å². The average Bonchev–Trinajstić information content (AvgIpc) is 3.25. The van der Waals surface area contributed by atoms with Crippen molar-refractivity contribution in [3.8, 4) is 22.7 Å². The summed E-state index contributed by atoms with van der Waals surface area (Å²) >= 11 is 0. The monoisotopic (exact) mass is 465 g/mol. The molecule has 0 saturated carbocycles. The van der Waals surface area contributed by atoms with Crippen LogP contribution in [0.25, 0.3) is 16.8 Å². The zero-order chi connectivity index (χ0) is 24.3. The van der Waals surface area contributed by atoms with Crippen LogP contribution in [-0.2, 0) is 6.61 Å². The highest BCUT2D eigenvalue weighted by molar-refractivity contribution is 5.75. The quantitative estimate of drug-likeness (QED) is 0.435. The van der Waals surface area contributed by atoms with Crippen LogP contribution in [0.15, 0.2) is 48.8 Å². The highest BCUT2D eigenvalue weighted by Crippen LogP contribution is 2.41. The van der Waals surface area contributed by atoms with Crippen molar-refractivity contribution in [3.05, 3.63) is 54.4 Å². The van der Waals surface area contributed by atoms with Gasteiger partial charge in [-0.05, 0) is 82.0 Å². The molecule has 0 atom stereocenters. The van der Waals surface area contributed by atoms with Gasteiger partial charge in [-0.15, -0.1) is 0 Å². The highest BCUT2D eigenvalue weighted by atomic mass is 16.7. The van der Waals surface area contributed by atoms with Gasteiger partial charge >= 0.3 is 6.10 Å². The number of benzene rings is 1. The van der Waals surface area contributed by atoms with Crippen LogP contribution in [0.2, 0.25) is 0 Å². The number of rotatable bonds is 4. The minimum atomic E-state index is -3.07. The smallest absolute Gasteiger partial charge is 0.371 e. The maximum absolute atomic E-state index is 10.3. The summed E-state index contributed by atoms with van der Waals surface area (Å²) in [6.07, 6.45) is 1.71. The Morgan fingerprint density at radius 3 is 2.41 bits per heavy atom. The Hall–Kier alpha value is -2.98. The van der Waals surface area contributed by atoms with Crippen molar-refractivity contribution in [3.63, 3.8) is 0 Å². The number of fused-ring (bicyclic) bond motifs is 3. The van der Waals surface area contributed by atoms with Crippen LogP contribution in [-0.4, -0.2) is 53.3 Å². The molecule has 0 radical (unpaired) electrons. The maximum Gasteiger partial charge on any atom is 0.371 e. The Bertz CT molecular complexity index is 1180. The average molecular weight is 466 g/mol. The summed E-state index contributed by atoms with van der Waals surface area (Å²) in [4.78, 5) is 5.79. The van der Waals surface area contributed by atoms with E-state index in [2.05, 4.69) is 43.1 Å². The number of ether oxygens (including phenoxy) is 1. The number of pyridine rings is 1. The van der Waals surface area contributed by atoms with Crippen LogP contribution >= 0.6 is 0 Å². The van der Waals surface area contributed by atoms with E-state index in [0.717, 1.165) is 22.4 Å². The van der Waals surface area contributed by atoms with E-state index < -0.39 is 6.10 Å². The van der Waals surface area contributed by atoms with Gasteiger partial charge in [-0.25, -0.2) is 4.68 Å². The number of anilines is 1. The van der Waals surface area contributed by atoms with E-state index in [1.807, 2.05) is 36.5 Å².